The summed E-state index contributed by atoms with van der Waals surface area (Å²) in [7, 11) is 0. The van der Waals surface area contributed by atoms with E-state index in [1.54, 1.807) is 24.5 Å². The minimum atomic E-state index is -1.08. The van der Waals surface area contributed by atoms with Crippen molar-refractivity contribution in [1.29, 1.82) is 0 Å². The molecule has 0 fully saturated rings. The van der Waals surface area contributed by atoms with Crippen molar-refractivity contribution in [3.05, 3.63) is 46.5 Å². The van der Waals surface area contributed by atoms with Crippen LogP contribution >= 0.6 is 23.2 Å². The third kappa shape index (κ3) is 2.82. The zero-order chi connectivity index (χ0) is 14.2. The molecule has 2 heterocycles. The molecule has 0 aliphatic carbocycles. The molecule has 110 valence electrons. The number of hydrogen-bond donors (Lipinski definition) is 4. The number of hydrogen-bond acceptors (Lipinski definition) is 7. The predicted molar refractivity (Wildman–Crippen MR) is 83.1 cm³/mol. The van der Waals surface area contributed by atoms with Crippen molar-refractivity contribution < 1.29 is 0 Å². The van der Waals surface area contributed by atoms with E-state index in [0.717, 1.165) is 5.56 Å². The van der Waals surface area contributed by atoms with Gasteiger partial charge in [0.25, 0.3) is 0 Å². The van der Waals surface area contributed by atoms with Crippen molar-refractivity contribution in [1.82, 2.24) is 27.0 Å². The van der Waals surface area contributed by atoms with Crippen LogP contribution in [0.15, 0.2) is 35.8 Å². The monoisotopic (exact) mass is 325 g/mol. The summed E-state index contributed by atoms with van der Waals surface area (Å²) in [6.45, 7) is 0. The minimum Gasteiger partial charge on any atom is -0.344 e. The largest absolute Gasteiger partial charge is 0.344 e. The summed E-state index contributed by atoms with van der Waals surface area (Å²) in [5.41, 5.74) is 13.7. The van der Waals surface area contributed by atoms with Crippen molar-refractivity contribution in [3.63, 3.8) is 0 Å². The fourth-order valence-electron chi connectivity index (χ4n) is 1.95. The lowest BCUT2D eigenvalue weighted by Gasteiger charge is -2.22. The highest BCUT2D eigenvalue weighted by Crippen LogP contribution is 2.37. The van der Waals surface area contributed by atoms with Crippen molar-refractivity contribution in [3.8, 4) is 11.1 Å². The van der Waals surface area contributed by atoms with Crippen LogP contribution in [0.5, 0.6) is 0 Å². The van der Waals surface area contributed by atoms with Crippen LogP contribution in [0.1, 0.15) is 5.56 Å². The van der Waals surface area contributed by atoms with Gasteiger partial charge >= 0.3 is 0 Å². The van der Waals surface area contributed by atoms with E-state index in [1.807, 2.05) is 0 Å². The van der Waals surface area contributed by atoms with E-state index in [1.165, 1.54) is 12.7 Å². The number of aliphatic imine (C=N–C) groups is 1. The average Bonchev–Trinajstić information content (AvgIpc) is 2.87. The van der Waals surface area contributed by atoms with E-state index in [4.69, 9.17) is 28.9 Å². The molecule has 9 heteroatoms. The van der Waals surface area contributed by atoms with E-state index in [-0.39, 0.29) is 6.15 Å². The lowest BCUT2D eigenvalue weighted by Crippen LogP contribution is -2.49. The quantitative estimate of drug-likeness (QED) is 0.667. The Balaban J connectivity index is 0.00000161. The van der Waals surface area contributed by atoms with Gasteiger partial charge in [-0.2, -0.15) is 5.43 Å². The maximum atomic E-state index is 6.31. The molecule has 1 aromatic heterocycles. The molecule has 3 rings (SSSR count). The van der Waals surface area contributed by atoms with Crippen molar-refractivity contribution in [2.75, 3.05) is 0 Å². The van der Waals surface area contributed by atoms with E-state index in [0.29, 0.717) is 21.2 Å². The summed E-state index contributed by atoms with van der Waals surface area (Å²) in [5, 5.41) is 0.909. The molecule has 1 unspecified atom stereocenters. The molecule has 1 aliphatic heterocycles. The van der Waals surface area contributed by atoms with Crippen LogP contribution in [0.2, 0.25) is 10.0 Å². The highest BCUT2D eigenvalue weighted by atomic mass is 35.5. The van der Waals surface area contributed by atoms with Crippen molar-refractivity contribution in [2.45, 2.75) is 5.79 Å². The zero-order valence-electron chi connectivity index (χ0n) is 10.8. The van der Waals surface area contributed by atoms with Gasteiger partial charge in [0.1, 0.15) is 12.7 Å². The van der Waals surface area contributed by atoms with Gasteiger partial charge in [-0.3, -0.25) is 5.73 Å². The lowest BCUT2D eigenvalue weighted by atomic mass is 10.0. The molecular weight excluding hydrogens is 313 g/mol. The van der Waals surface area contributed by atoms with E-state index in [9.17, 15) is 0 Å². The van der Waals surface area contributed by atoms with Crippen LogP contribution < -0.4 is 22.7 Å². The van der Waals surface area contributed by atoms with Crippen LogP contribution in [0.4, 0.5) is 0 Å². The van der Waals surface area contributed by atoms with Crippen LogP contribution in [0.3, 0.4) is 0 Å². The van der Waals surface area contributed by atoms with Crippen molar-refractivity contribution in [2.24, 2.45) is 10.7 Å². The van der Waals surface area contributed by atoms with Crippen LogP contribution in [0, 0.1) is 0 Å². The number of nitrogens with two attached hydrogens (primary N) is 1. The summed E-state index contributed by atoms with van der Waals surface area (Å²) in [6.07, 6.45) is 6.20. The molecule has 7 nitrogen and oxygen atoms in total. The number of nitrogens with one attached hydrogen (secondary N) is 2. The number of benzene rings is 1. The first-order valence-electron chi connectivity index (χ1n) is 5.70. The molecular formula is C12H13Cl2N7. The Labute approximate surface area is 131 Å². The van der Waals surface area contributed by atoms with Gasteiger partial charge in [-0.05, 0) is 12.1 Å². The standard InChI is InChI=1S/C12H10Cl2N6.H3N/c13-9-1-8(12(15)18-6-19-20-12)2-10(14)11(9)7-3-16-5-17-4-7;/h1-6,20H,15H2,(H,18,19);1H3. The first-order valence-corrected chi connectivity index (χ1v) is 6.46. The SMILES string of the molecule is N.NC1(c2cc(Cl)c(-c3cncnc3)c(Cl)c2)N=CNN1. The molecule has 7 N–H and O–H groups in total. The van der Waals surface area contributed by atoms with Gasteiger partial charge in [-0.15, -0.1) is 0 Å². The Morgan fingerprint density at radius 1 is 1.10 bits per heavy atom. The van der Waals surface area contributed by atoms with E-state index < -0.39 is 5.79 Å². The van der Waals surface area contributed by atoms with Crippen LogP contribution in [-0.2, 0) is 5.79 Å². The van der Waals surface area contributed by atoms with E-state index in [2.05, 4.69) is 25.8 Å². The molecule has 0 spiro atoms. The Hall–Kier alpha value is -1.77. The topological polar surface area (TPSA) is 123 Å². The Kier molecular flexibility index (Phi) is 4.40. The maximum Gasteiger partial charge on any atom is 0.206 e. The second-order valence-electron chi connectivity index (χ2n) is 4.24. The van der Waals surface area contributed by atoms with Gasteiger partial charge in [0.2, 0.25) is 5.79 Å². The van der Waals surface area contributed by atoms with Gasteiger partial charge in [0.15, 0.2) is 0 Å². The van der Waals surface area contributed by atoms with Gasteiger partial charge < -0.3 is 11.6 Å². The summed E-state index contributed by atoms with van der Waals surface area (Å²) in [6, 6.07) is 3.43. The molecule has 0 saturated carbocycles. The minimum absolute atomic E-state index is 0. The number of rotatable bonds is 2. The Morgan fingerprint density at radius 2 is 1.71 bits per heavy atom. The Morgan fingerprint density at radius 3 is 2.24 bits per heavy atom. The highest BCUT2D eigenvalue weighted by molar-refractivity contribution is 6.39. The molecule has 0 amide bonds. The summed E-state index contributed by atoms with van der Waals surface area (Å²) < 4.78 is 0. The van der Waals surface area contributed by atoms with Crippen LogP contribution in [0.25, 0.3) is 11.1 Å². The number of aromatic nitrogens is 2. The smallest absolute Gasteiger partial charge is 0.206 e. The number of halogens is 2. The fourth-order valence-corrected chi connectivity index (χ4v) is 2.66. The Bertz CT molecular complexity index is 654. The van der Waals surface area contributed by atoms with Gasteiger partial charge in [0.05, 0.1) is 10.0 Å². The molecule has 2 aromatic rings. The normalized spacial score (nSPS) is 20.0. The maximum absolute atomic E-state index is 6.31. The first-order chi connectivity index (χ1) is 9.60. The highest BCUT2D eigenvalue weighted by Gasteiger charge is 2.30. The second kappa shape index (κ2) is 5.92. The van der Waals surface area contributed by atoms with Gasteiger partial charge in [0, 0.05) is 29.1 Å². The van der Waals surface area contributed by atoms with Crippen molar-refractivity contribution >= 4 is 29.5 Å². The molecule has 21 heavy (non-hydrogen) atoms. The van der Waals surface area contributed by atoms with Gasteiger partial charge in [-0.25, -0.2) is 15.0 Å². The predicted octanol–water partition coefficient (Wildman–Crippen LogP) is 1.82. The number of nitrogens with zero attached hydrogens (tertiary/aromatic N) is 3. The molecule has 0 radical (unpaired) electrons. The summed E-state index contributed by atoms with van der Waals surface area (Å²) >= 11 is 12.6. The van der Waals surface area contributed by atoms with Crippen LogP contribution in [-0.4, -0.2) is 16.3 Å². The fraction of sp³-hybridized carbons (Fsp3) is 0.0833. The first kappa shape index (κ1) is 15.6. The average molecular weight is 326 g/mol. The third-order valence-electron chi connectivity index (χ3n) is 2.93. The summed E-state index contributed by atoms with van der Waals surface area (Å²) in [5.74, 6) is -1.08. The molecule has 1 aliphatic rings. The lowest BCUT2D eigenvalue weighted by molar-refractivity contribution is 0.375. The molecule has 0 bridgehead atoms. The summed E-state index contributed by atoms with van der Waals surface area (Å²) in [4.78, 5) is 12.0. The molecule has 0 saturated heterocycles. The third-order valence-corrected chi connectivity index (χ3v) is 3.52. The van der Waals surface area contributed by atoms with E-state index >= 15 is 0 Å². The molecule has 1 atom stereocenters. The van der Waals surface area contributed by atoms with Gasteiger partial charge in [-0.1, -0.05) is 23.2 Å². The molecule has 1 aromatic carbocycles. The number of hydrazine groups is 1. The second-order valence-corrected chi connectivity index (χ2v) is 5.05. The zero-order valence-corrected chi connectivity index (χ0v) is 12.4.